The fourth-order valence-electron chi connectivity index (χ4n) is 1.23. The van der Waals surface area contributed by atoms with Gasteiger partial charge in [-0.2, -0.15) is 10.1 Å². The maximum absolute atomic E-state index is 11.5. The number of phenols is 2. The third-order valence-corrected chi connectivity index (χ3v) is 2.10. The van der Waals surface area contributed by atoms with Gasteiger partial charge in [-0.1, -0.05) is 0 Å². The van der Waals surface area contributed by atoms with Crippen molar-refractivity contribution >= 4 is 18.1 Å². The highest BCUT2D eigenvalue weighted by Gasteiger charge is 2.09. The Morgan fingerprint density at radius 2 is 2.26 bits per heavy atom. The van der Waals surface area contributed by atoms with Gasteiger partial charge in [0.25, 0.3) is 0 Å². The molecule has 0 radical (unpaired) electrons. The number of amides is 1. The zero-order valence-electron chi connectivity index (χ0n) is 9.53. The normalized spacial score (nSPS) is 10.7. The number of nitrogens with zero attached hydrogens (tertiary/aromatic N) is 3. The number of aromatic nitrogens is 3. The Morgan fingerprint density at radius 3 is 2.89 bits per heavy atom. The number of hydrogen-bond donors (Lipinski definition) is 5. The first-order chi connectivity index (χ1) is 9.06. The molecule has 0 atom stereocenters. The number of rotatable bonds is 3. The van der Waals surface area contributed by atoms with Gasteiger partial charge in [-0.3, -0.25) is 9.89 Å². The zero-order chi connectivity index (χ0) is 13.8. The number of H-pyrrole nitrogens is 1. The van der Waals surface area contributed by atoms with Gasteiger partial charge in [0.15, 0.2) is 0 Å². The molecule has 0 saturated carbocycles. The van der Waals surface area contributed by atoms with E-state index in [9.17, 15) is 9.90 Å². The molecule has 0 fully saturated rings. The van der Waals surface area contributed by atoms with Crippen LogP contribution in [0.1, 0.15) is 16.2 Å². The molecule has 0 bridgehead atoms. The summed E-state index contributed by atoms with van der Waals surface area (Å²) in [6, 6.07) is 3.97. The molecule has 19 heavy (non-hydrogen) atoms. The molecule has 0 unspecified atom stereocenters. The fraction of sp³-hybridized carbons (Fsp3) is 0. The van der Waals surface area contributed by atoms with E-state index in [0.29, 0.717) is 5.56 Å². The minimum Gasteiger partial charge on any atom is -0.508 e. The van der Waals surface area contributed by atoms with E-state index in [2.05, 4.69) is 25.7 Å². The van der Waals surface area contributed by atoms with Gasteiger partial charge in [0, 0.05) is 11.6 Å². The van der Waals surface area contributed by atoms with Gasteiger partial charge in [-0.05, 0) is 12.1 Å². The molecule has 2 rings (SSSR count). The predicted molar refractivity (Wildman–Crippen MR) is 65.6 cm³/mol. The average molecular weight is 262 g/mol. The number of hydrogen-bond acceptors (Lipinski definition) is 7. The average Bonchev–Trinajstić information content (AvgIpc) is 2.78. The molecule has 1 heterocycles. The van der Waals surface area contributed by atoms with Crippen LogP contribution >= 0.6 is 0 Å². The van der Waals surface area contributed by atoms with E-state index in [1.54, 1.807) is 0 Å². The maximum Gasteiger partial charge on any atom is 0.308 e. The molecule has 0 spiro atoms. The third-order valence-electron chi connectivity index (χ3n) is 2.10. The van der Waals surface area contributed by atoms with Crippen LogP contribution in [0.15, 0.2) is 23.3 Å². The van der Waals surface area contributed by atoms with Crippen LogP contribution in [0.4, 0.5) is 5.95 Å². The first-order valence-corrected chi connectivity index (χ1v) is 5.09. The summed E-state index contributed by atoms with van der Waals surface area (Å²) in [7, 11) is 0. The van der Waals surface area contributed by atoms with E-state index in [-0.39, 0.29) is 23.3 Å². The lowest BCUT2D eigenvalue weighted by atomic mass is 10.2. The monoisotopic (exact) mass is 262 g/mol. The number of aromatic amines is 1. The van der Waals surface area contributed by atoms with E-state index in [1.807, 2.05) is 0 Å². The van der Waals surface area contributed by atoms with Gasteiger partial charge in [-0.25, -0.2) is 5.43 Å². The zero-order valence-corrected chi connectivity index (χ0v) is 9.53. The van der Waals surface area contributed by atoms with Crippen molar-refractivity contribution in [3.8, 4) is 11.5 Å². The van der Waals surface area contributed by atoms with E-state index in [4.69, 9.17) is 10.8 Å². The van der Waals surface area contributed by atoms with Crippen molar-refractivity contribution in [1.29, 1.82) is 0 Å². The number of nitrogens with one attached hydrogen (secondary N) is 2. The quantitative estimate of drug-likeness (QED) is 0.374. The van der Waals surface area contributed by atoms with Crippen LogP contribution in [-0.2, 0) is 0 Å². The minimum atomic E-state index is -0.626. The number of nitrogen functional groups attached to an aromatic ring is 1. The van der Waals surface area contributed by atoms with Crippen molar-refractivity contribution in [2.24, 2.45) is 5.10 Å². The largest absolute Gasteiger partial charge is 0.508 e. The van der Waals surface area contributed by atoms with Crippen molar-refractivity contribution in [3.05, 3.63) is 29.6 Å². The van der Waals surface area contributed by atoms with Crippen LogP contribution in [0.5, 0.6) is 11.5 Å². The van der Waals surface area contributed by atoms with Crippen LogP contribution in [0.3, 0.4) is 0 Å². The van der Waals surface area contributed by atoms with Crippen molar-refractivity contribution < 1.29 is 15.0 Å². The fourth-order valence-corrected chi connectivity index (χ4v) is 1.23. The van der Waals surface area contributed by atoms with Crippen molar-refractivity contribution in [1.82, 2.24) is 20.6 Å². The molecular weight excluding hydrogens is 252 g/mol. The second-order valence-electron chi connectivity index (χ2n) is 3.48. The Balaban J connectivity index is 2.02. The summed E-state index contributed by atoms with van der Waals surface area (Å²) in [5, 5.41) is 28.0. The molecule has 9 nitrogen and oxygen atoms in total. The first kappa shape index (κ1) is 12.4. The summed E-state index contributed by atoms with van der Waals surface area (Å²) in [5.41, 5.74) is 7.74. The van der Waals surface area contributed by atoms with Crippen LogP contribution in [0.2, 0.25) is 0 Å². The van der Waals surface area contributed by atoms with Gasteiger partial charge in [0.2, 0.25) is 11.8 Å². The lowest BCUT2D eigenvalue weighted by molar-refractivity contribution is 0.0945. The SMILES string of the molecule is Nc1n[nH]c(C(=O)NN=Cc2ccc(O)cc2O)n1. The Morgan fingerprint density at radius 1 is 1.47 bits per heavy atom. The topological polar surface area (TPSA) is 150 Å². The van der Waals surface area contributed by atoms with Crippen LogP contribution in [-0.4, -0.2) is 37.5 Å². The van der Waals surface area contributed by atoms with Gasteiger partial charge in [0.1, 0.15) is 11.5 Å². The number of anilines is 1. The lowest BCUT2D eigenvalue weighted by Gasteiger charge is -1.99. The molecule has 0 aliphatic rings. The number of hydrazone groups is 1. The summed E-state index contributed by atoms with van der Waals surface area (Å²) in [6.07, 6.45) is 1.21. The molecule has 0 aliphatic carbocycles. The smallest absolute Gasteiger partial charge is 0.308 e. The Bertz CT molecular complexity index is 636. The van der Waals surface area contributed by atoms with Gasteiger partial charge in [-0.15, -0.1) is 5.10 Å². The molecule has 1 aromatic heterocycles. The summed E-state index contributed by atoms with van der Waals surface area (Å²) < 4.78 is 0. The molecule has 0 aliphatic heterocycles. The van der Waals surface area contributed by atoms with Crippen LogP contribution in [0, 0.1) is 0 Å². The van der Waals surface area contributed by atoms with Crippen molar-refractivity contribution in [2.75, 3.05) is 5.73 Å². The van der Waals surface area contributed by atoms with Crippen molar-refractivity contribution in [3.63, 3.8) is 0 Å². The summed E-state index contributed by atoms with van der Waals surface area (Å²) >= 11 is 0. The van der Waals surface area contributed by atoms with E-state index < -0.39 is 5.91 Å². The number of carbonyl (C=O) groups is 1. The first-order valence-electron chi connectivity index (χ1n) is 5.09. The molecule has 9 heteroatoms. The second kappa shape index (κ2) is 5.04. The molecule has 1 aromatic carbocycles. The molecule has 0 saturated heterocycles. The highest BCUT2D eigenvalue weighted by atomic mass is 16.3. The van der Waals surface area contributed by atoms with Gasteiger partial charge in [0.05, 0.1) is 6.21 Å². The summed E-state index contributed by atoms with van der Waals surface area (Å²) in [6.45, 7) is 0. The summed E-state index contributed by atoms with van der Waals surface area (Å²) in [4.78, 5) is 15.1. The molecule has 2 aromatic rings. The number of carbonyl (C=O) groups excluding carboxylic acids is 1. The number of phenolic OH excluding ortho intramolecular Hbond substituents is 2. The molecule has 98 valence electrons. The summed E-state index contributed by atoms with van der Waals surface area (Å²) in [5.74, 6) is -0.994. The highest BCUT2D eigenvalue weighted by Crippen LogP contribution is 2.20. The van der Waals surface area contributed by atoms with Gasteiger partial charge < -0.3 is 15.9 Å². The van der Waals surface area contributed by atoms with Gasteiger partial charge >= 0.3 is 5.91 Å². The Labute approximate surface area is 106 Å². The van der Waals surface area contributed by atoms with E-state index in [1.165, 1.54) is 18.3 Å². The lowest BCUT2D eigenvalue weighted by Crippen LogP contribution is -2.19. The highest BCUT2D eigenvalue weighted by molar-refractivity contribution is 5.92. The Hall–Kier alpha value is -3.10. The standard InChI is InChI=1S/C10H10N6O3/c11-10-13-8(14-16-10)9(19)15-12-4-5-1-2-6(17)3-7(5)18/h1-4,17-18H,(H,15,19)(H3,11,13,14,16). The Kier molecular flexibility index (Phi) is 3.28. The van der Waals surface area contributed by atoms with Crippen LogP contribution < -0.4 is 11.2 Å². The molecule has 1 amide bonds. The number of nitrogens with two attached hydrogens (primary N) is 1. The van der Waals surface area contributed by atoms with E-state index >= 15 is 0 Å². The van der Waals surface area contributed by atoms with E-state index in [0.717, 1.165) is 6.07 Å². The van der Waals surface area contributed by atoms with Crippen molar-refractivity contribution in [2.45, 2.75) is 0 Å². The maximum atomic E-state index is 11.5. The predicted octanol–water partition coefficient (Wildman–Crippen LogP) is -0.438. The molecule has 6 N–H and O–H groups in total. The number of aromatic hydroxyl groups is 2. The van der Waals surface area contributed by atoms with Crippen LogP contribution in [0.25, 0.3) is 0 Å². The minimum absolute atomic E-state index is 0.0506. The second-order valence-corrected chi connectivity index (χ2v) is 3.48. The number of benzene rings is 1. The molecular formula is C10H10N6O3. The third kappa shape index (κ3) is 2.97.